The van der Waals surface area contributed by atoms with Crippen LogP contribution in [0, 0.1) is 0 Å². The van der Waals surface area contributed by atoms with E-state index in [4.69, 9.17) is 10.2 Å². The van der Waals surface area contributed by atoms with Gasteiger partial charge in [-0.1, -0.05) is 18.2 Å². The summed E-state index contributed by atoms with van der Waals surface area (Å²) >= 11 is 3.18. The fraction of sp³-hybridized carbons (Fsp3) is 0. The lowest BCUT2D eigenvalue weighted by Gasteiger charge is -1.93. The molecular weight excluding hydrogens is 360 g/mol. The Morgan fingerprint density at radius 3 is 2.43 bits per heavy atom. The highest BCUT2D eigenvalue weighted by molar-refractivity contribution is 9.10. The monoisotopic (exact) mass is 370 g/mol. The summed E-state index contributed by atoms with van der Waals surface area (Å²) in [6.45, 7) is 0. The van der Waals surface area contributed by atoms with Crippen LogP contribution in [0.15, 0.2) is 52.1 Å². The van der Waals surface area contributed by atoms with Gasteiger partial charge in [-0.25, -0.2) is 18.5 Å². The summed E-state index contributed by atoms with van der Waals surface area (Å²) in [5.74, 6) is 0.322. The second kappa shape index (κ2) is 6.20. The number of rotatable bonds is 1. The quantitative estimate of drug-likeness (QED) is 0.602. The maximum absolute atomic E-state index is 11.1. The van der Waals surface area contributed by atoms with Crippen LogP contribution in [0.5, 0.6) is 5.75 Å². The standard InChI is InChI=1S/C6H5BrN4O2S.C6H6O/c7-3-1-4-5(9-2-3)10-11-6(4)14(8,12)13;7-6-4-2-1-3-5-6/h1-2H,(H2,8,12,13)(H,9,10,11);1-5,7H. The van der Waals surface area contributed by atoms with Gasteiger partial charge in [-0.3, -0.25) is 5.10 Å². The number of aromatic amines is 1. The molecule has 0 atom stereocenters. The molecule has 0 saturated carbocycles. The molecule has 0 bridgehead atoms. The minimum atomic E-state index is -3.81. The third-order valence-corrected chi connectivity index (χ3v) is 3.66. The number of phenolic OH excluding ortho intramolecular Hbond substituents is 1. The third kappa shape index (κ3) is 4.00. The van der Waals surface area contributed by atoms with E-state index < -0.39 is 10.0 Å². The predicted molar refractivity (Wildman–Crippen MR) is 81.1 cm³/mol. The second-order valence-electron chi connectivity index (χ2n) is 3.96. The zero-order chi connectivity index (χ0) is 15.5. The number of nitrogens with one attached hydrogen (secondary N) is 1. The fourth-order valence-corrected chi connectivity index (χ4v) is 2.47. The average Bonchev–Trinajstić information content (AvgIpc) is 2.83. The number of hydrogen-bond acceptors (Lipinski definition) is 5. The van der Waals surface area contributed by atoms with Crippen molar-refractivity contribution in [3.63, 3.8) is 0 Å². The van der Waals surface area contributed by atoms with E-state index in [1.165, 1.54) is 6.20 Å². The van der Waals surface area contributed by atoms with E-state index in [2.05, 4.69) is 31.1 Å². The highest BCUT2D eigenvalue weighted by Crippen LogP contribution is 2.20. The molecule has 0 amide bonds. The lowest BCUT2D eigenvalue weighted by Crippen LogP contribution is -2.12. The first-order valence-electron chi connectivity index (χ1n) is 5.64. The number of fused-ring (bicyclic) bond motifs is 1. The van der Waals surface area contributed by atoms with Gasteiger partial charge in [0.2, 0.25) is 5.03 Å². The van der Waals surface area contributed by atoms with Crippen molar-refractivity contribution >= 4 is 37.0 Å². The normalized spacial score (nSPS) is 11.0. The number of hydrogen-bond donors (Lipinski definition) is 3. The molecule has 0 saturated heterocycles. The van der Waals surface area contributed by atoms with Crippen LogP contribution in [0.4, 0.5) is 0 Å². The molecule has 2 heterocycles. The van der Waals surface area contributed by atoms with Crippen molar-refractivity contribution in [3.8, 4) is 5.75 Å². The number of aromatic nitrogens is 3. The number of nitrogens with two attached hydrogens (primary N) is 1. The van der Waals surface area contributed by atoms with Gasteiger partial charge in [-0.2, -0.15) is 5.10 Å². The number of para-hydroxylation sites is 1. The molecule has 0 aliphatic heterocycles. The van der Waals surface area contributed by atoms with Crippen molar-refractivity contribution < 1.29 is 13.5 Å². The van der Waals surface area contributed by atoms with E-state index >= 15 is 0 Å². The van der Waals surface area contributed by atoms with Crippen LogP contribution in [0.2, 0.25) is 0 Å². The van der Waals surface area contributed by atoms with Gasteiger partial charge in [-0.05, 0) is 34.1 Å². The Hall–Kier alpha value is -1.97. The van der Waals surface area contributed by atoms with Crippen LogP contribution in [-0.2, 0) is 10.0 Å². The SMILES string of the molecule is NS(=O)(=O)c1n[nH]c2ncc(Br)cc12.Oc1ccccc1. The van der Waals surface area contributed by atoms with Crippen LogP contribution in [0.1, 0.15) is 0 Å². The fourth-order valence-electron chi connectivity index (χ4n) is 1.50. The van der Waals surface area contributed by atoms with Gasteiger partial charge in [0.25, 0.3) is 10.0 Å². The van der Waals surface area contributed by atoms with Crippen molar-refractivity contribution in [1.82, 2.24) is 15.2 Å². The number of pyridine rings is 1. The predicted octanol–water partition coefficient (Wildman–Crippen LogP) is 1.76. The van der Waals surface area contributed by atoms with E-state index in [-0.39, 0.29) is 5.03 Å². The lowest BCUT2D eigenvalue weighted by molar-refractivity contribution is 0.475. The summed E-state index contributed by atoms with van der Waals surface area (Å²) in [5, 5.41) is 19.8. The molecule has 21 heavy (non-hydrogen) atoms. The first-order chi connectivity index (χ1) is 9.88. The molecule has 0 radical (unpaired) electrons. The summed E-state index contributed by atoms with van der Waals surface area (Å²) in [5.41, 5.74) is 0.386. The number of H-pyrrole nitrogens is 1. The Bertz CT molecular complexity index is 849. The Kier molecular flexibility index (Phi) is 4.56. The summed E-state index contributed by atoms with van der Waals surface area (Å²) in [7, 11) is -3.81. The molecule has 0 aliphatic rings. The molecule has 3 aromatic rings. The van der Waals surface area contributed by atoms with Gasteiger partial charge >= 0.3 is 0 Å². The van der Waals surface area contributed by atoms with E-state index in [0.29, 0.717) is 21.3 Å². The molecule has 110 valence electrons. The summed E-state index contributed by atoms with van der Waals surface area (Å²) in [6.07, 6.45) is 1.54. The minimum absolute atomic E-state index is 0.193. The van der Waals surface area contributed by atoms with Gasteiger partial charge in [0.05, 0.1) is 5.39 Å². The zero-order valence-corrected chi connectivity index (χ0v) is 13.0. The van der Waals surface area contributed by atoms with Gasteiger partial charge < -0.3 is 5.11 Å². The largest absolute Gasteiger partial charge is 0.508 e. The molecule has 0 spiro atoms. The Labute approximate surface area is 129 Å². The first-order valence-corrected chi connectivity index (χ1v) is 7.98. The summed E-state index contributed by atoms with van der Waals surface area (Å²) < 4.78 is 22.8. The second-order valence-corrected chi connectivity index (χ2v) is 6.35. The molecule has 0 aliphatic carbocycles. The van der Waals surface area contributed by atoms with Gasteiger partial charge in [0.1, 0.15) is 5.75 Å². The van der Waals surface area contributed by atoms with Crippen molar-refractivity contribution in [1.29, 1.82) is 0 Å². The molecule has 4 N–H and O–H groups in total. The topological polar surface area (TPSA) is 122 Å². The molecule has 2 aromatic heterocycles. The molecule has 1 aromatic carbocycles. The smallest absolute Gasteiger partial charge is 0.258 e. The van der Waals surface area contributed by atoms with Crippen molar-refractivity contribution in [2.24, 2.45) is 5.14 Å². The summed E-state index contributed by atoms with van der Waals surface area (Å²) in [6, 6.07) is 10.3. The molecule has 7 nitrogen and oxygen atoms in total. The Balaban J connectivity index is 0.000000194. The maximum atomic E-state index is 11.1. The minimum Gasteiger partial charge on any atom is -0.508 e. The molecular formula is C12H11BrN4O3S. The summed E-state index contributed by atoms with van der Waals surface area (Å²) in [4.78, 5) is 3.93. The number of halogens is 1. The zero-order valence-electron chi connectivity index (χ0n) is 10.6. The van der Waals surface area contributed by atoms with Crippen LogP contribution in [0.3, 0.4) is 0 Å². The number of primary sulfonamides is 1. The van der Waals surface area contributed by atoms with Gasteiger partial charge in [-0.15, -0.1) is 0 Å². The number of nitrogens with zero attached hydrogens (tertiary/aromatic N) is 2. The van der Waals surface area contributed by atoms with Crippen molar-refractivity contribution in [3.05, 3.63) is 47.1 Å². The third-order valence-electron chi connectivity index (χ3n) is 2.37. The van der Waals surface area contributed by atoms with Crippen molar-refractivity contribution in [2.75, 3.05) is 0 Å². The Morgan fingerprint density at radius 2 is 1.90 bits per heavy atom. The average molecular weight is 371 g/mol. The molecule has 0 fully saturated rings. The maximum Gasteiger partial charge on any atom is 0.258 e. The molecule has 9 heteroatoms. The van der Waals surface area contributed by atoms with Gasteiger partial charge in [0.15, 0.2) is 5.65 Å². The van der Waals surface area contributed by atoms with Crippen LogP contribution >= 0.6 is 15.9 Å². The van der Waals surface area contributed by atoms with Crippen LogP contribution < -0.4 is 5.14 Å². The first kappa shape index (κ1) is 15.4. The van der Waals surface area contributed by atoms with Crippen molar-refractivity contribution in [2.45, 2.75) is 5.03 Å². The van der Waals surface area contributed by atoms with E-state index in [9.17, 15) is 8.42 Å². The number of benzene rings is 1. The molecule has 0 unspecified atom stereocenters. The number of aromatic hydroxyl groups is 1. The van der Waals surface area contributed by atoms with Crippen LogP contribution in [-0.4, -0.2) is 28.7 Å². The lowest BCUT2D eigenvalue weighted by atomic mass is 10.3. The number of phenols is 1. The van der Waals surface area contributed by atoms with E-state index in [1.807, 2.05) is 6.07 Å². The van der Waals surface area contributed by atoms with Gasteiger partial charge in [0, 0.05) is 10.7 Å². The highest BCUT2D eigenvalue weighted by Gasteiger charge is 2.17. The number of sulfonamides is 1. The Morgan fingerprint density at radius 1 is 1.24 bits per heavy atom. The molecule has 3 rings (SSSR count). The highest BCUT2D eigenvalue weighted by atomic mass is 79.9. The van der Waals surface area contributed by atoms with E-state index in [0.717, 1.165) is 0 Å². The van der Waals surface area contributed by atoms with Crippen LogP contribution in [0.25, 0.3) is 11.0 Å². The van der Waals surface area contributed by atoms with E-state index in [1.54, 1.807) is 30.3 Å².